The number of Topliss-reactive ketones (excluding diaryl/α,β-unsaturated/α-hetero) is 1. The fraction of sp³-hybridized carbons (Fsp3) is 0.529. The number of hydrogen-bond acceptors (Lipinski definition) is 5. The second-order valence-corrected chi connectivity index (χ2v) is 11.0. The summed E-state index contributed by atoms with van der Waals surface area (Å²) in [5, 5.41) is 9.66. The molecule has 1 fully saturated rings. The molecule has 0 aliphatic heterocycles. The molecule has 0 aromatic heterocycles. The molecule has 2 rings (SSSR count). The molecule has 0 amide bonds. The molecule has 4 nitrogen and oxygen atoms in total. The number of ether oxygens (including phenoxy) is 1. The van der Waals surface area contributed by atoms with E-state index in [1.165, 1.54) is 64.4 Å². The average molecular weight is 555 g/mol. The molecule has 5 heteroatoms. The van der Waals surface area contributed by atoms with Crippen LogP contribution in [0.4, 0.5) is 0 Å². The van der Waals surface area contributed by atoms with Crippen LogP contribution in [0.15, 0.2) is 82.3 Å². The number of unbranched alkanes of at least 4 members (excludes halogenated alkanes) is 8. The van der Waals surface area contributed by atoms with Gasteiger partial charge in [0, 0.05) is 13.3 Å². The normalized spacial score (nSPS) is 15.8. The molecule has 39 heavy (non-hydrogen) atoms. The minimum atomic E-state index is -0.127. The third-order valence-corrected chi connectivity index (χ3v) is 7.21. The van der Waals surface area contributed by atoms with Crippen molar-refractivity contribution in [3.8, 4) is 0 Å². The lowest BCUT2D eigenvalue weighted by Gasteiger charge is -2.12. The first-order valence-corrected chi connectivity index (χ1v) is 15.6. The average Bonchev–Trinajstić information content (AvgIpc) is 3.76. The van der Waals surface area contributed by atoms with E-state index < -0.39 is 0 Å². The van der Waals surface area contributed by atoms with Gasteiger partial charge >= 0.3 is 0 Å². The predicted molar refractivity (Wildman–Crippen MR) is 168 cm³/mol. The molecule has 0 spiro atoms. The van der Waals surface area contributed by atoms with Crippen LogP contribution in [0.5, 0.6) is 0 Å². The summed E-state index contributed by atoms with van der Waals surface area (Å²) in [7, 11) is 0. The highest BCUT2D eigenvalue weighted by Crippen LogP contribution is 2.32. The maximum Gasteiger partial charge on any atom is 0.190 e. The second-order valence-electron chi connectivity index (χ2n) is 9.75. The van der Waals surface area contributed by atoms with Gasteiger partial charge in [-0.15, -0.1) is 0 Å². The number of thioether (sulfide) groups is 1. The highest BCUT2D eigenvalue weighted by molar-refractivity contribution is 8.17. The van der Waals surface area contributed by atoms with Gasteiger partial charge in [-0.3, -0.25) is 9.59 Å². The standard InChI is InChI=1S/C32H44O4S.C2H6/c1-4-14-28(24-32(25(2)33)37-26(3)34)23-27-16-20-30(21-17-27)36-22-13-11-9-7-5-6-8-10-12-15-31(35)29-18-19-29;1-2/h4,14,16,20-21,23-24,35H,1,5-13,15,17-19,22H2,2-3H3;1-2H3/b27-23-,28-14+,32-24-;. The summed E-state index contributed by atoms with van der Waals surface area (Å²) >= 11 is 0.958. The topological polar surface area (TPSA) is 63.6 Å². The number of carbonyl (C=O) groups is 2. The Labute approximate surface area is 241 Å². The molecule has 0 bridgehead atoms. The maximum atomic E-state index is 11.9. The van der Waals surface area contributed by atoms with Crippen molar-refractivity contribution in [2.24, 2.45) is 0 Å². The van der Waals surface area contributed by atoms with Crippen molar-refractivity contribution in [1.82, 2.24) is 0 Å². The number of aliphatic hydroxyl groups is 1. The number of aliphatic hydroxyl groups excluding tert-OH is 1. The number of hydrogen-bond donors (Lipinski definition) is 1. The largest absolute Gasteiger partial charge is 0.512 e. The Morgan fingerprint density at radius 3 is 2.10 bits per heavy atom. The van der Waals surface area contributed by atoms with Gasteiger partial charge < -0.3 is 9.84 Å². The van der Waals surface area contributed by atoms with Gasteiger partial charge in [0.05, 0.1) is 17.3 Å². The number of ketones is 1. The number of carbonyl (C=O) groups excluding carboxylic acids is 2. The van der Waals surface area contributed by atoms with Crippen molar-refractivity contribution >= 4 is 22.7 Å². The highest BCUT2D eigenvalue weighted by Gasteiger charge is 2.16. The molecular weight excluding hydrogens is 504 g/mol. The van der Waals surface area contributed by atoms with E-state index in [0.717, 1.165) is 73.8 Å². The SMILES string of the molecule is C=C/C=C(/C=C(\SC(C)=O)C(C)=O)\C=C1\C=CC(OCCCCCCCCCCCC(O)=C2CC2)=CC1.CC. The van der Waals surface area contributed by atoms with Crippen LogP contribution in [0, 0.1) is 0 Å². The lowest BCUT2D eigenvalue weighted by molar-refractivity contribution is -0.113. The molecule has 2 aliphatic rings. The van der Waals surface area contributed by atoms with Gasteiger partial charge in [-0.1, -0.05) is 89.7 Å². The van der Waals surface area contributed by atoms with Crippen molar-refractivity contribution in [2.75, 3.05) is 6.61 Å². The van der Waals surface area contributed by atoms with Crippen LogP contribution < -0.4 is 0 Å². The first-order valence-electron chi connectivity index (χ1n) is 14.7. The first-order chi connectivity index (χ1) is 18.9. The van der Waals surface area contributed by atoms with Crippen LogP contribution in [-0.2, 0) is 14.3 Å². The third-order valence-electron chi connectivity index (χ3n) is 6.30. The molecule has 0 aromatic carbocycles. The van der Waals surface area contributed by atoms with Crippen LogP contribution >= 0.6 is 11.8 Å². The number of allylic oxidation sites excluding steroid dienone is 12. The lowest BCUT2D eigenvalue weighted by atomic mass is 10.0. The summed E-state index contributed by atoms with van der Waals surface area (Å²) < 4.78 is 5.93. The second kappa shape index (κ2) is 21.3. The Kier molecular flexibility index (Phi) is 18.9. The van der Waals surface area contributed by atoms with Gasteiger partial charge in [0.25, 0.3) is 0 Å². The minimum absolute atomic E-state index is 0.111. The summed E-state index contributed by atoms with van der Waals surface area (Å²) in [6, 6.07) is 0. The monoisotopic (exact) mass is 554 g/mol. The van der Waals surface area contributed by atoms with Gasteiger partial charge in [0.1, 0.15) is 5.76 Å². The van der Waals surface area contributed by atoms with Crippen molar-refractivity contribution in [3.05, 3.63) is 82.3 Å². The van der Waals surface area contributed by atoms with Crippen molar-refractivity contribution < 1.29 is 19.4 Å². The Morgan fingerprint density at radius 1 is 0.974 bits per heavy atom. The van der Waals surface area contributed by atoms with E-state index in [1.54, 1.807) is 12.2 Å². The van der Waals surface area contributed by atoms with E-state index in [0.29, 0.717) is 10.7 Å². The van der Waals surface area contributed by atoms with E-state index in [1.807, 2.05) is 38.2 Å². The van der Waals surface area contributed by atoms with Crippen LogP contribution in [0.1, 0.15) is 111 Å². The molecule has 0 aromatic rings. The summed E-state index contributed by atoms with van der Waals surface area (Å²) in [5.74, 6) is 1.45. The van der Waals surface area contributed by atoms with E-state index in [9.17, 15) is 14.7 Å². The van der Waals surface area contributed by atoms with Gasteiger partial charge in [-0.2, -0.15) is 0 Å². The molecule has 1 N–H and O–H groups in total. The fourth-order valence-electron chi connectivity index (χ4n) is 4.10. The Balaban J connectivity index is 0.00000371. The predicted octanol–water partition coefficient (Wildman–Crippen LogP) is 10.2. The molecule has 1 saturated carbocycles. The zero-order valence-corrected chi connectivity index (χ0v) is 25.5. The molecule has 0 unspecified atom stereocenters. The lowest BCUT2D eigenvalue weighted by Crippen LogP contribution is -1.98. The molecule has 216 valence electrons. The molecule has 0 atom stereocenters. The summed E-state index contributed by atoms with van der Waals surface area (Å²) in [6.45, 7) is 11.4. The summed E-state index contributed by atoms with van der Waals surface area (Å²) in [6.07, 6.45) is 28.3. The molecule has 0 radical (unpaired) electrons. The van der Waals surface area contributed by atoms with E-state index in [2.05, 4.69) is 12.7 Å². The van der Waals surface area contributed by atoms with Crippen LogP contribution in [0.25, 0.3) is 0 Å². The number of rotatable bonds is 18. The molecule has 0 heterocycles. The maximum absolute atomic E-state index is 11.9. The van der Waals surface area contributed by atoms with Crippen LogP contribution in [0.2, 0.25) is 0 Å². The Hall–Kier alpha value is -2.53. The molecule has 0 saturated heterocycles. The summed E-state index contributed by atoms with van der Waals surface area (Å²) in [4.78, 5) is 23.8. The quantitative estimate of drug-likeness (QED) is 0.0790. The van der Waals surface area contributed by atoms with Gasteiger partial charge in [-0.05, 0) is 85.7 Å². The van der Waals surface area contributed by atoms with Gasteiger partial charge in [0.15, 0.2) is 10.9 Å². The smallest absolute Gasteiger partial charge is 0.190 e. The van der Waals surface area contributed by atoms with Crippen molar-refractivity contribution in [3.63, 3.8) is 0 Å². The Morgan fingerprint density at radius 2 is 1.59 bits per heavy atom. The van der Waals surface area contributed by atoms with Gasteiger partial charge in [0.2, 0.25) is 0 Å². The van der Waals surface area contributed by atoms with E-state index >= 15 is 0 Å². The third kappa shape index (κ3) is 16.9. The minimum Gasteiger partial charge on any atom is -0.512 e. The van der Waals surface area contributed by atoms with Crippen molar-refractivity contribution in [1.29, 1.82) is 0 Å². The highest BCUT2D eigenvalue weighted by atomic mass is 32.2. The van der Waals surface area contributed by atoms with Gasteiger partial charge in [-0.25, -0.2) is 0 Å². The zero-order chi connectivity index (χ0) is 28.9. The fourth-order valence-corrected chi connectivity index (χ4v) is 4.75. The van der Waals surface area contributed by atoms with Crippen molar-refractivity contribution in [2.45, 2.75) is 111 Å². The summed E-state index contributed by atoms with van der Waals surface area (Å²) in [5.41, 5.74) is 3.22. The molecular formula is C34H50O4S. The first kappa shape index (κ1) is 34.5. The zero-order valence-electron chi connectivity index (χ0n) is 24.7. The molecule has 2 aliphatic carbocycles. The Bertz CT molecular complexity index is 969. The van der Waals surface area contributed by atoms with E-state index in [-0.39, 0.29) is 10.9 Å². The van der Waals surface area contributed by atoms with E-state index in [4.69, 9.17) is 4.74 Å². The van der Waals surface area contributed by atoms with Crippen LogP contribution in [-0.4, -0.2) is 22.6 Å². The van der Waals surface area contributed by atoms with Crippen LogP contribution in [0.3, 0.4) is 0 Å².